The molecule has 0 radical (unpaired) electrons. The van der Waals surface area contributed by atoms with Crippen molar-refractivity contribution in [1.29, 1.82) is 0 Å². The van der Waals surface area contributed by atoms with Gasteiger partial charge in [-0.2, -0.15) is 0 Å². The summed E-state index contributed by atoms with van der Waals surface area (Å²) in [6.45, 7) is 1.93. The summed E-state index contributed by atoms with van der Waals surface area (Å²) < 4.78 is 5.19. The summed E-state index contributed by atoms with van der Waals surface area (Å²) >= 11 is 0. The van der Waals surface area contributed by atoms with Crippen molar-refractivity contribution in [3.05, 3.63) is 29.3 Å². The minimum atomic E-state index is -0.823. The maximum Gasteiger partial charge on any atom is 0.303 e. The van der Waals surface area contributed by atoms with Crippen LogP contribution in [0.5, 0.6) is 5.75 Å². The minimum absolute atomic E-state index is 0.0812. The highest BCUT2D eigenvalue weighted by Gasteiger charge is 2.12. The zero-order valence-corrected chi connectivity index (χ0v) is 9.56. The van der Waals surface area contributed by atoms with Crippen LogP contribution < -0.4 is 10.5 Å². The molecular weight excluding hydrogens is 206 g/mol. The summed E-state index contributed by atoms with van der Waals surface area (Å²) in [7, 11) is 1.61. The Kier molecular flexibility index (Phi) is 4.31. The van der Waals surface area contributed by atoms with E-state index in [1.54, 1.807) is 7.11 Å². The van der Waals surface area contributed by atoms with Gasteiger partial charge in [-0.15, -0.1) is 0 Å². The Morgan fingerprint density at radius 3 is 2.81 bits per heavy atom. The molecule has 3 N–H and O–H groups in total. The highest BCUT2D eigenvalue weighted by molar-refractivity contribution is 5.66. The number of hydrogen-bond acceptors (Lipinski definition) is 3. The molecule has 4 nitrogen and oxygen atoms in total. The van der Waals surface area contributed by atoms with E-state index in [4.69, 9.17) is 15.6 Å². The van der Waals surface area contributed by atoms with E-state index in [-0.39, 0.29) is 12.5 Å². The number of ether oxygens (including phenoxy) is 1. The van der Waals surface area contributed by atoms with Crippen LogP contribution >= 0.6 is 0 Å². The van der Waals surface area contributed by atoms with Crippen LogP contribution in [0.15, 0.2) is 18.2 Å². The van der Waals surface area contributed by atoms with Crippen LogP contribution in [0.4, 0.5) is 0 Å². The van der Waals surface area contributed by atoms with Crippen molar-refractivity contribution >= 4 is 5.97 Å². The maximum atomic E-state index is 10.5. The van der Waals surface area contributed by atoms with Gasteiger partial charge in [-0.05, 0) is 30.5 Å². The zero-order chi connectivity index (χ0) is 12.1. The van der Waals surface area contributed by atoms with Crippen LogP contribution in [0.3, 0.4) is 0 Å². The van der Waals surface area contributed by atoms with E-state index in [0.717, 1.165) is 16.9 Å². The largest absolute Gasteiger partial charge is 0.496 e. The van der Waals surface area contributed by atoms with Crippen LogP contribution in [0.25, 0.3) is 0 Å². The van der Waals surface area contributed by atoms with E-state index in [2.05, 4.69) is 0 Å². The monoisotopic (exact) mass is 223 g/mol. The number of nitrogens with two attached hydrogens (primary N) is 1. The van der Waals surface area contributed by atoms with Crippen molar-refractivity contribution < 1.29 is 14.6 Å². The van der Waals surface area contributed by atoms with Crippen molar-refractivity contribution in [2.75, 3.05) is 7.11 Å². The molecule has 88 valence electrons. The molecule has 1 aromatic rings. The maximum absolute atomic E-state index is 10.5. The first kappa shape index (κ1) is 12.5. The summed E-state index contributed by atoms with van der Waals surface area (Å²) in [4.78, 5) is 10.5. The van der Waals surface area contributed by atoms with Crippen molar-refractivity contribution in [2.45, 2.75) is 25.8 Å². The smallest absolute Gasteiger partial charge is 0.303 e. The molecule has 0 fully saturated rings. The van der Waals surface area contributed by atoms with Crippen molar-refractivity contribution in [3.63, 3.8) is 0 Å². The molecule has 1 aromatic carbocycles. The lowest BCUT2D eigenvalue weighted by molar-refractivity contribution is -0.137. The lowest BCUT2D eigenvalue weighted by atomic mass is 9.97. The molecule has 0 heterocycles. The van der Waals surface area contributed by atoms with E-state index in [0.29, 0.717) is 6.42 Å². The first-order valence-electron chi connectivity index (χ1n) is 5.17. The molecule has 0 aromatic heterocycles. The summed E-state index contributed by atoms with van der Waals surface area (Å²) in [5.41, 5.74) is 7.87. The van der Waals surface area contributed by atoms with Gasteiger partial charge in [-0.3, -0.25) is 4.79 Å². The van der Waals surface area contributed by atoms with Crippen molar-refractivity contribution in [2.24, 2.45) is 5.73 Å². The van der Waals surface area contributed by atoms with Crippen LogP contribution in [0.2, 0.25) is 0 Å². The second-order valence-electron chi connectivity index (χ2n) is 3.71. The third-order valence-corrected chi connectivity index (χ3v) is 2.61. The number of carboxylic acid groups (broad SMARTS) is 1. The third-order valence-electron chi connectivity index (χ3n) is 2.61. The van der Waals surface area contributed by atoms with Gasteiger partial charge < -0.3 is 15.6 Å². The van der Waals surface area contributed by atoms with E-state index < -0.39 is 5.97 Å². The average Bonchev–Trinajstić information content (AvgIpc) is 2.26. The van der Waals surface area contributed by atoms with E-state index in [1.807, 2.05) is 25.1 Å². The van der Waals surface area contributed by atoms with Gasteiger partial charge in [0.1, 0.15) is 5.75 Å². The Morgan fingerprint density at radius 2 is 2.25 bits per heavy atom. The number of rotatable bonds is 5. The fraction of sp³-hybridized carbons (Fsp3) is 0.417. The molecule has 1 atom stereocenters. The van der Waals surface area contributed by atoms with Crippen LogP contribution in [0, 0.1) is 6.92 Å². The van der Waals surface area contributed by atoms with Gasteiger partial charge in [0.15, 0.2) is 0 Å². The van der Waals surface area contributed by atoms with Crippen LogP contribution in [-0.4, -0.2) is 18.2 Å². The Morgan fingerprint density at radius 1 is 1.56 bits per heavy atom. The molecule has 0 saturated heterocycles. The van der Waals surface area contributed by atoms with Crippen LogP contribution in [-0.2, 0) is 4.79 Å². The molecule has 4 heteroatoms. The summed E-state index contributed by atoms with van der Waals surface area (Å²) in [5, 5.41) is 8.60. The van der Waals surface area contributed by atoms with Gasteiger partial charge in [0.25, 0.3) is 0 Å². The SMILES string of the molecule is COc1cccc(C(N)CCC(=O)O)c1C. The highest BCUT2D eigenvalue weighted by atomic mass is 16.5. The zero-order valence-electron chi connectivity index (χ0n) is 9.56. The predicted octanol–water partition coefficient (Wildman–Crippen LogP) is 1.87. The molecule has 0 saturated carbocycles. The Bertz CT molecular complexity index is 377. The molecular formula is C12H17NO3. The van der Waals surface area contributed by atoms with Gasteiger partial charge >= 0.3 is 5.97 Å². The fourth-order valence-electron chi connectivity index (χ4n) is 1.69. The first-order chi connectivity index (χ1) is 7.56. The number of aliphatic carboxylic acids is 1. The van der Waals surface area contributed by atoms with Crippen molar-refractivity contribution in [3.8, 4) is 5.75 Å². The topological polar surface area (TPSA) is 72.5 Å². The molecule has 1 unspecified atom stereocenters. The number of benzene rings is 1. The quantitative estimate of drug-likeness (QED) is 0.799. The number of methoxy groups -OCH3 is 1. The normalized spacial score (nSPS) is 12.2. The van der Waals surface area contributed by atoms with E-state index in [9.17, 15) is 4.79 Å². The first-order valence-corrected chi connectivity index (χ1v) is 5.17. The van der Waals surface area contributed by atoms with E-state index in [1.165, 1.54) is 0 Å². The molecule has 1 rings (SSSR count). The standard InChI is InChI=1S/C12H17NO3/c1-8-9(4-3-5-11(8)16-2)10(13)6-7-12(14)15/h3-5,10H,6-7,13H2,1-2H3,(H,14,15). The second kappa shape index (κ2) is 5.51. The second-order valence-corrected chi connectivity index (χ2v) is 3.71. The molecule has 0 aliphatic rings. The predicted molar refractivity (Wildman–Crippen MR) is 61.5 cm³/mol. The van der Waals surface area contributed by atoms with Gasteiger partial charge in [-0.1, -0.05) is 12.1 Å². The molecule has 0 aliphatic carbocycles. The third kappa shape index (κ3) is 2.97. The molecule has 0 bridgehead atoms. The average molecular weight is 223 g/mol. The Balaban J connectivity index is 2.82. The summed E-state index contributed by atoms with van der Waals surface area (Å²) in [5.74, 6) is -0.0423. The minimum Gasteiger partial charge on any atom is -0.496 e. The lowest BCUT2D eigenvalue weighted by Gasteiger charge is -2.15. The van der Waals surface area contributed by atoms with Gasteiger partial charge in [0.2, 0.25) is 0 Å². The molecule has 0 aliphatic heterocycles. The van der Waals surface area contributed by atoms with Gasteiger partial charge in [-0.25, -0.2) is 0 Å². The van der Waals surface area contributed by atoms with Gasteiger partial charge in [0, 0.05) is 12.5 Å². The Hall–Kier alpha value is -1.55. The van der Waals surface area contributed by atoms with Crippen LogP contribution in [0.1, 0.15) is 30.0 Å². The molecule has 0 spiro atoms. The Labute approximate surface area is 95.0 Å². The number of hydrogen-bond donors (Lipinski definition) is 2. The summed E-state index contributed by atoms with van der Waals surface area (Å²) in [6, 6.07) is 5.38. The van der Waals surface area contributed by atoms with E-state index >= 15 is 0 Å². The highest BCUT2D eigenvalue weighted by Crippen LogP contribution is 2.26. The summed E-state index contributed by atoms with van der Waals surface area (Å²) in [6.07, 6.45) is 0.515. The molecule has 0 amide bonds. The van der Waals surface area contributed by atoms with Crippen molar-refractivity contribution in [1.82, 2.24) is 0 Å². The van der Waals surface area contributed by atoms with Gasteiger partial charge in [0.05, 0.1) is 7.11 Å². The lowest BCUT2D eigenvalue weighted by Crippen LogP contribution is -2.13. The molecule has 16 heavy (non-hydrogen) atoms. The number of carbonyl (C=O) groups is 1. The number of carboxylic acids is 1. The fourth-order valence-corrected chi connectivity index (χ4v) is 1.69.